The molecule has 0 unspecified atom stereocenters. The molecule has 0 aliphatic rings. The summed E-state index contributed by atoms with van der Waals surface area (Å²) in [4.78, 5) is 4.79. The Morgan fingerprint density at radius 2 is 1.68 bits per heavy atom. The van der Waals surface area contributed by atoms with Crippen molar-refractivity contribution in [1.29, 1.82) is 5.41 Å². The Kier molecular flexibility index (Phi) is 6.74. The Hall–Kier alpha value is -4.97. The van der Waals surface area contributed by atoms with Crippen LogP contribution in [-0.2, 0) is 4.74 Å². The van der Waals surface area contributed by atoms with Gasteiger partial charge in [0.15, 0.2) is 0 Å². The van der Waals surface area contributed by atoms with Crippen molar-refractivity contribution in [3.63, 3.8) is 0 Å². The minimum atomic E-state index is -0.135. The van der Waals surface area contributed by atoms with Gasteiger partial charge in [-0.05, 0) is 67.8 Å². The molecule has 40 heavy (non-hydrogen) atoms. The van der Waals surface area contributed by atoms with Gasteiger partial charge in [-0.15, -0.1) is 0 Å². The molecule has 198 valence electrons. The molecule has 0 fully saturated rings. The van der Waals surface area contributed by atoms with Crippen LogP contribution >= 0.6 is 0 Å². The summed E-state index contributed by atoms with van der Waals surface area (Å²) in [6, 6.07) is 31.0. The number of nitrogens with one attached hydrogen (secondary N) is 1. The van der Waals surface area contributed by atoms with Crippen LogP contribution < -0.4 is 0 Å². The predicted molar refractivity (Wildman–Crippen MR) is 159 cm³/mol. The second-order valence-electron chi connectivity index (χ2n) is 9.79. The molecule has 0 saturated carbocycles. The zero-order valence-electron chi connectivity index (χ0n) is 22.8. The first-order chi connectivity index (χ1) is 19.5. The summed E-state index contributed by atoms with van der Waals surface area (Å²) >= 11 is 0. The lowest BCUT2D eigenvalue weighted by Crippen LogP contribution is -2.12. The topological polar surface area (TPSA) is 76.9 Å². The summed E-state index contributed by atoms with van der Waals surface area (Å²) in [5, 5.41) is 13.5. The Bertz CT molecular complexity index is 1730. The third-order valence-electron chi connectivity index (χ3n) is 7.26. The van der Waals surface area contributed by atoms with Gasteiger partial charge in [-0.2, -0.15) is 0 Å². The summed E-state index contributed by atoms with van der Waals surface area (Å²) in [7, 11) is 0. The summed E-state index contributed by atoms with van der Waals surface area (Å²) in [6.07, 6.45) is 4.07. The number of aryl methyl sites for hydroxylation is 2. The van der Waals surface area contributed by atoms with Gasteiger partial charge in [0.1, 0.15) is 11.8 Å². The lowest BCUT2D eigenvalue weighted by molar-refractivity contribution is 0.325. The standard InChI is InChI=1S/C34H30N4O2/c1-4-39-34(35)26-15-13-24(14-16-26)29-21-38(33(25-10-6-5-7-11-25)30-12-8-9-19-36-30)31-20-27(17-18-28(29)31)32-22(2)37-40-23(32)3/h5-21,33,35H,4H2,1-3H3/t33-/m1/s1. The fraction of sp³-hybridized carbons (Fsp3) is 0.147. The van der Waals surface area contributed by atoms with Gasteiger partial charge >= 0.3 is 0 Å². The first-order valence-corrected chi connectivity index (χ1v) is 13.4. The number of fused-ring (bicyclic) bond motifs is 1. The van der Waals surface area contributed by atoms with Crippen molar-refractivity contribution in [1.82, 2.24) is 14.7 Å². The maximum atomic E-state index is 8.17. The Morgan fingerprint density at radius 3 is 2.35 bits per heavy atom. The molecule has 0 radical (unpaired) electrons. The van der Waals surface area contributed by atoms with Crippen molar-refractivity contribution in [2.75, 3.05) is 6.61 Å². The zero-order chi connectivity index (χ0) is 27.6. The molecule has 0 spiro atoms. The minimum Gasteiger partial charge on any atom is -0.478 e. The zero-order valence-corrected chi connectivity index (χ0v) is 22.8. The van der Waals surface area contributed by atoms with Crippen LogP contribution in [-0.4, -0.2) is 27.2 Å². The Labute approximate surface area is 233 Å². The van der Waals surface area contributed by atoms with Gasteiger partial charge in [0.2, 0.25) is 5.90 Å². The van der Waals surface area contributed by atoms with E-state index >= 15 is 0 Å². The van der Waals surface area contributed by atoms with Gasteiger partial charge in [0.05, 0.1) is 23.5 Å². The fourth-order valence-electron chi connectivity index (χ4n) is 5.42. The maximum absolute atomic E-state index is 8.17. The van der Waals surface area contributed by atoms with Crippen LogP contribution in [0.15, 0.2) is 108 Å². The predicted octanol–water partition coefficient (Wildman–Crippen LogP) is 7.97. The maximum Gasteiger partial charge on any atom is 0.213 e. The highest BCUT2D eigenvalue weighted by Gasteiger charge is 2.23. The van der Waals surface area contributed by atoms with E-state index in [-0.39, 0.29) is 11.9 Å². The van der Waals surface area contributed by atoms with Crippen molar-refractivity contribution in [3.05, 3.63) is 132 Å². The molecule has 1 N–H and O–H groups in total. The third kappa shape index (κ3) is 4.58. The highest BCUT2D eigenvalue weighted by atomic mass is 16.5. The molecule has 6 nitrogen and oxygen atoms in total. The van der Waals surface area contributed by atoms with E-state index in [1.54, 1.807) is 0 Å². The molecular weight excluding hydrogens is 496 g/mol. The summed E-state index contributed by atoms with van der Waals surface area (Å²) in [5.41, 5.74) is 9.05. The van der Waals surface area contributed by atoms with Crippen molar-refractivity contribution in [2.45, 2.75) is 26.8 Å². The fourth-order valence-corrected chi connectivity index (χ4v) is 5.42. The van der Waals surface area contributed by atoms with E-state index in [1.807, 2.05) is 57.3 Å². The molecule has 0 bridgehead atoms. The number of rotatable bonds is 7. The number of aromatic nitrogens is 3. The molecule has 1 atom stereocenters. The van der Waals surface area contributed by atoms with Crippen LogP contribution in [0.3, 0.4) is 0 Å². The molecule has 0 aliphatic heterocycles. The molecule has 3 aromatic heterocycles. The largest absolute Gasteiger partial charge is 0.478 e. The van der Waals surface area contributed by atoms with E-state index in [0.717, 1.165) is 61.4 Å². The summed E-state index contributed by atoms with van der Waals surface area (Å²) in [6.45, 7) is 6.28. The molecule has 0 saturated heterocycles. The number of ether oxygens (including phenoxy) is 1. The normalized spacial score (nSPS) is 12.0. The van der Waals surface area contributed by atoms with Crippen LogP contribution in [0.4, 0.5) is 0 Å². The van der Waals surface area contributed by atoms with Crippen LogP contribution in [0.5, 0.6) is 0 Å². The van der Waals surface area contributed by atoms with E-state index < -0.39 is 0 Å². The molecule has 3 aromatic carbocycles. The van der Waals surface area contributed by atoms with Crippen LogP contribution in [0.1, 0.15) is 41.2 Å². The lowest BCUT2D eigenvalue weighted by Gasteiger charge is -2.21. The summed E-state index contributed by atoms with van der Waals surface area (Å²) in [5.74, 6) is 0.978. The van der Waals surface area contributed by atoms with E-state index in [2.05, 4.69) is 76.6 Å². The molecule has 6 aromatic rings. The molecule has 0 amide bonds. The third-order valence-corrected chi connectivity index (χ3v) is 7.26. The quantitative estimate of drug-likeness (QED) is 0.169. The molecule has 6 heteroatoms. The van der Waals surface area contributed by atoms with Gasteiger partial charge < -0.3 is 13.8 Å². The first kappa shape index (κ1) is 25.3. The molecule has 6 rings (SSSR count). The van der Waals surface area contributed by atoms with Crippen molar-refractivity contribution in [3.8, 4) is 22.3 Å². The van der Waals surface area contributed by atoms with Crippen LogP contribution in [0.2, 0.25) is 0 Å². The number of hydrogen-bond donors (Lipinski definition) is 1. The Morgan fingerprint density at radius 1 is 0.925 bits per heavy atom. The van der Waals surface area contributed by atoms with Gasteiger partial charge in [0, 0.05) is 34.5 Å². The van der Waals surface area contributed by atoms with E-state index in [4.69, 9.17) is 19.7 Å². The Balaban J connectivity index is 1.59. The first-order valence-electron chi connectivity index (χ1n) is 13.4. The minimum absolute atomic E-state index is 0.135. The molecular formula is C34H30N4O2. The molecule has 0 aliphatic carbocycles. The lowest BCUT2D eigenvalue weighted by atomic mass is 9.99. The van der Waals surface area contributed by atoms with Gasteiger partial charge in [-0.1, -0.05) is 65.8 Å². The van der Waals surface area contributed by atoms with Crippen LogP contribution in [0.25, 0.3) is 33.2 Å². The van der Waals surface area contributed by atoms with Crippen LogP contribution in [0, 0.1) is 19.3 Å². The highest BCUT2D eigenvalue weighted by Crippen LogP contribution is 2.39. The number of nitrogens with zero attached hydrogens (tertiary/aromatic N) is 3. The number of benzene rings is 3. The van der Waals surface area contributed by atoms with E-state index in [1.165, 1.54) is 0 Å². The number of pyridine rings is 1. The second-order valence-corrected chi connectivity index (χ2v) is 9.79. The van der Waals surface area contributed by atoms with Crippen molar-refractivity contribution in [2.24, 2.45) is 0 Å². The average Bonchev–Trinajstić information content (AvgIpc) is 3.53. The number of hydrogen-bond acceptors (Lipinski definition) is 5. The van der Waals surface area contributed by atoms with Gasteiger partial charge in [-0.3, -0.25) is 10.4 Å². The second kappa shape index (κ2) is 10.7. The highest BCUT2D eigenvalue weighted by molar-refractivity contribution is 5.99. The van der Waals surface area contributed by atoms with E-state index in [0.29, 0.717) is 6.61 Å². The monoisotopic (exact) mass is 526 g/mol. The van der Waals surface area contributed by atoms with Gasteiger partial charge in [0.25, 0.3) is 0 Å². The van der Waals surface area contributed by atoms with Gasteiger partial charge in [-0.25, -0.2) is 0 Å². The smallest absolute Gasteiger partial charge is 0.213 e. The van der Waals surface area contributed by atoms with Crippen molar-refractivity contribution < 1.29 is 9.26 Å². The van der Waals surface area contributed by atoms with Crippen molar-refractivity contribution >= 4 is 16.8 Å². The average molecular weight is 527 g/mol. The summed E-state index contributed by atoms with van der Waals surface area (Å²) < 4.78 is 13.2. The molecule has 3 heterocycles. The van der Waals surface area contributed by atoms with E-state index in [9.17, 15) is 0 Å². The SMILES string of the molecule is CCOC(=N)c1ccc(-c2cn([C@H](c3ccccc3)c3ccccn3)c3cc(-c4c(C)noc4C)ccc23)cc1.